The predicted molar refractivity (Wildman–Crippen MR) is 55.7 cm³/mol. The molecular weight excluding hydrogens is 194 g/mol. The van der Waals surface area contributed by atoms with Gasteiger partial charge >= 0.3 is 6.03 Å². The fourth-order valence-corrected chi connectivity index (χ4v) is 1.63. The first-order valence-electron chi connectivity index (χ1n) is 4.72. The quantitative estimate of drug-likeness (QED) is 0.755. The molecule has 2 amide bonds. The number of carbonyl (C=O) groups excluding carboxylic acids is 1. The van der Waals surface area contributed by atoms with E-state index in [1.54, 1.807) is 18.2 Å². The van der Waals surface area contributed by atoms with Gasteiger partial charge in [-0.05, 0) is 12.1 Å². The fourth-order valence-electron chi connectivity index (χ4n) is 1.63. The first-order chi connectivity index (χ1) is 7.22. The molecule has 3 N–H and O–H groups in total. The van der Waals surface area contributed by atoms with Crippen LogP contribution in [0.3, 0.4) is 0 Å². The van der Waals surface area contributed by atoms with Crippen LogP contribution >= 0.6 is 0 Å². The summed E-state index contributed by atoms with van der Waals surface area (Å²) in [5, 5.41) is 11.5. The van der Waals surface area contributed by atoms with Gasteiger partial charge in [0.1, 0.15) is 0 Å². The predicted octanol–water partition coefficient (Wildman–Crippen LogP) is 0.941. The Kier molecular flexibility index (Phi) is 2.47. The van der Waals surface area contributed by atoms with Gasteiger partial charge in [0, 0.05) is 17.8 Å². The number of nitrogens with one attached hydrogen (secondary N) is 2. The van der Waals surface area contributed by atoms with Gasteiger partial charge in [0.15, 0.2) is 0 Å². The van der Waals surface area contributed by atoms with Crippen LogP contribution in [0.2, 0.25) is 0 Å². The summed E-state index contributed by atoms with van der Waals surface area (Å²) in [6.45, 7) is 0.615. The van der Waals surface area contributed by atoms with Gasteiger partial charge in [0.2, 0.25) is 0 Å². The zero-order valence-electron chi connectivity index (χ0n) is 8.16. The molecule has 1 radical (unpaired) electrons. The lowest BCUT2D eigenvalue weighted by molar-refractivity contribution is 0.183. The van der Waals surface area contributed by atoms with Gasteiger partial charge in [-0.2, -0.15) is 0 Å². The molecule has 1 aliphatic heterocycles. The van der Waals surface area contributed by atoms with Crippen molar-refractivity contribution in [2.24, 2.45) is 0 Å². The minimum atomic E-state index is -0.220. The Balaban J connectivity index is 2.30. The molecule has 2 rings (SSSR count). The summed E-state index contributed by atoms with van der Waals surface area (Å²) in [5.74, 6) is 0. The number of amides is 2. The van der Waals surface area contributed by atoms with Crippen LogP contribution < -0.4 is 11.1 Å². The van der Waals surface area contributed by atoms with E-state index >= 15 is 0 Å². The number of hydrogen-bond acceptors (Lipinski definition) is 2. The summed E-state index contributed by atoms with van der Waals surface area (Å²) < 4.78 is 0. The van der Waals surface area contributed by atoms with Crippen LogP contribution in [-0.4, -0.2) is 29.2 Å². The van der Waals surface area contributed by atoms with E-state index in [2.05, 4.69) is 5.32 Å². The highest BCUT2D eigenvalue weighted by molar-refractivity contribution is 5.93. The molecule has 0 spiro atoms. The molecule has 0 atom stereocenters. The molecule has 0 unspecified atom stereocenters. The molecule has 0 saturated carbocycles. The van der Waals surface area contributed by atoms with Crippen molar-refractivity contribution in [3.63, 3.8) is 0 Å². The zero-order chi connectivity index (χ0) is 10.8. The lowest BCUT2D eigenvalue weighted by Gasteiger charge is -2.29. The number of rotatable bonds is 2. The van der Waals surface area contributed by atoms with Crippen LogP contribution in [0.25, 0.3) is 0 Å². The van der Waals surface area contributed by atoms with Crippen molar-refractivity contribution < 1.29 is 9.90 Å². The Morgan fingerprint density at radius 1 is 1.53 bits per heavy atom. The molecule has 1 aromatic rings. The largest absolute Gasteiger partial charge is 0.395 e. The van der Waals surface area contributed by atoms with Gasteiger partial charge in [-0.1, -0.05) is 6.07 Å². The molecule has 0 aromatic heterocycles. The van der Waals surface area contributed by atoms with Crippen molar-refractivity contribution in [1.29, 1.82) is 0 Å². The maximum absolute atomic E-state index is 11.5. The molecular formula is C10H12N3O2. The Labute approximate surface area is 87.5 Å². The average Bonchev–Trinajstić information content (AvgIpc) is 2.21. The van der Waals surface area contributed by atoms with E-state index in [0.29, 0.717) is 24.5 Å². The Morgan fingerprint density at radius 2 is 2.33 bits per heavy atom. The number of anilines is 1. The normalized spacial score (nSPS) is 14.7. The molecule has 5 heteroatoms. The van der Waals surface area contributed by atoms with E-state index in [1.807, 2.05) is 0 Å². The van der Waals surface area contributed by atoms with Crippen molar-refractivity contribution in [1.82, 2.24) is 10.6 Å². The number of fused-ring (bicyclic) bond motifs is 1. The van der Waals surface area contributed by atoms with Gasteiger partial charge in [-0.25, -0.2) is 4.79 Å². The number of nitrogens with zero attached hydrogens (tertiary/aromatic N) is 1. The van der Waals surface area contributed by atoms with Crippen LogP contribution in [0.1, 0.15) is 5.56 Å². The molecule has 0 fully saturated rings. The average molecular weight is 206 g/mol. The van der Waals surface area contributed by atoms with Crippen molar-refractivity contribution >= 4 is 17.4 Å². The van der Waals surface area contributed by atoms with Crippen molar-refractivity contribution in [2.45, 2.75) is 6.54 Å². The number of aliphatic hydroxyl groups is 1. The molecule has 15 heavy (non-hydrogen) atoms. The topological polar surface area (TPSA) is 76.4 Å². The third-order valence-electron chi connectivity index (χ3n) is 2.42. The highest BCUT2D eigenvalue weighted by Gasteiger charge is 2.23. The summed E-state index contributed by atoms with van der Waals surface area (Å²) >= 11 is 0. The Morgan fingerprint density at radius 3 is 3.07 bits per heavy atom. The van der Waals surface area contributed by atoms with E-state index < -0.39 is 0 Å². The van der Waals surface area contributed by atoms with Gasteiger partial charge in [0.25, 0.3) is 0 Å². The Bertz CT molecular complexity index is 392. The molecule has 1 heterocycles. The van der Waals surface area contributed by atoms with Gasteiger partial charge in [-0.15, -0.1) is 0 Å². The third kappa shape index (κ3) is 1.73. The first-order valence-corrected chi connectivity index (χ1v) is 4.72. The minimum absolute atomic E-state index is 0.0665. The maximum atomic E-state index is 11.5. The van der Waals surface area contributed by atoms with Crippen LogP contribution in [0, 0.1) is 0 Å². The summed E-state index contributed by atoms with van der Waals surface area (Å²) in [4.78, 5) is 13.0. The van der Waals surface area contributed by atoms with Crippen LogP contribution in [0.5, 0.6) is 0 Å². The second-order valence-corrected chi connectivity index (χ2v) is 3.41. The first kappa shape index (κ1) is 9.79. The maximum Gasteiger partial charge on any atom is 0.322 e. The smallest absolute Gasteiger partial charge is 0.322 e. The Hall–Kier alpha value is -1.75. The van der Waals surface area contributed by atoms with E-state index in [-0.39, 0.29) is 12.6 Å². The van der Waals surface area contributed by atoms with Crippen LogP contribution in [0.15, 0.2) is 18.2 Å². The third-order valence-corrected chi connectivity index (χ3v) is 2.42. The summed E-state index contributed by atoms with van der Waals surface area (Å²) in [5.41, 5.74) is 9.60. The number of urea groups is 1. The minimum Gasteiger partial charge on any atom is -0.395 e. The van der Waals surface area contributed by atoms with Crippen molar-refractivity contribution in [3.8, 4) is 0 Å². The van der Waals surface area contributed by atoms with Gasteiger partial charge in [-0.3, -0.25) is 0 Å². The monoisotopic (exact) mass is 206 g/mol. The SMILES string of the molecule is [NH]c1cccc2c1CN(CCO)C(=O)N2. The van der Waals surface area contributed by atoms with E-state index in [9.17, 15) is 4.79 Å². The van der Waals surface area contributed by atoms with E-state index in [4.69, 9.17) is 10.8 Å². The second kappa shape index (κ2) is 3.78. The highest BCUT2D eigenvalue weighted by Crippen LogP contribution is 2.28. The van der Waals surface area contributed by atoms with Crippen LogP contribution in [0.4, 0.5) is 16.2 Å². The highest BCUT2D eigenvalue weighted by atomic mass is 16.3. The zero-order valence-corrected chi connectivity index (χ0v) is 8.16. The summed E-state index contributed by atoms with van der Waals surface area (Å²) in [7, 11) is 0. The molecule has 79 valence electrons. The molecule has 0 aliphatic carbocycles. The lowest BCUT2D eigenvalue weighted by atomic mass is 10.1. The number of hydrogen-bond donors (Lipinski definition) is 2. The van der Waals surface area contributed by atoms with Crippen molar-refractivity contribution in [3.05, 3.63) is 23.8 Å². The molecule has 0 saturated heterocycles. The summed E-state index contributed by atoms with van der Waals surface area (Å²) in [6, 6.07) is 4.99. The number of benzene rings is 1. The van der Waals surface area contributed by atoms with Crippen LogP contribution in [-0.2, 0) is 6.54 Å². The molecule has 1 aliphatic rings. The standard InChI is InChI=1S/C10H12N3O2/c11-8-2-1-3-9-7(8)6-13(4-5-14)10(15)12-9/h1-3,11,14H,4-6H2,(H,12,15). The van der Waals surface area contributed by atoms with E-state index in [1.165, 1.54) is 4.90 Å². The van der Waals surface area contributed by atoms with E-state index in [0.717, 1.165) is 5.56 Å². The van der Waals surface area contributed by atoms with Crippen molar-refractivity contribution in [2.75, 3.05) is 18.5 Å². The molecule has 0 bridgehead atoms. The fraction of sp³-hybridized carbons (Fsp3) is 0.300. The van der Waals surface area contributed by atoms with Gasteiger partial charge < -0.3 is 21.1 Å². The molecule has 1 aromatic carbocycles. The van der Waals surface area contributed by atoms with Gasteiger partial charge in [0.05, 0.1) is 18.8 Å². The molecule has 5 nitrogen and oxygen atoms in total. The summed E-state index contributed by atoms with van der Waals surface area (Å²) in [6.07, 6.45) is 0. The number of aliphatic hydroxyl groups excluding tert-OH is 1. The lowest BCUT2D eigenvalue weighted by Crippen LogP contribution is -2.40. The number of β-amino-alcohol motifs (C(OH)–C–C–N with tert-alkyl or cyclic N) is 1. The number of carbonyl (C=O) groups is 1. The second-order valence-electron chi connectivity index (χ2n) is 3.41.